The van der Waals surface area contributed by atoms with E-state index in [1.807, 2.05) is 6.07 Å². The van der Waals surface area contributed by atoms with Crippen LogP contribution in [0.5, 0.6) is 0 Å². The molecule has 0 spiro atoms. The van der Waals surface area contributed by atoms with Gasteiger partial charge in [0.15, 0.2) is 0 Å². The Balaban J connectivity index is 2.41. The first-order chi connectivity index (χ1) is 7.22. The van der Waals surface area contributed by atoms with Gasteiger partial charge in [-0.3, -0.25) is 0 Å². The minimum Gasteiger partial charge on any atom is -0.330 e. The maximum atomic E-state index is 13.1. The van der Waals surface area contributed by atoms with E-state index in [1.54, 1.807) is 12.1 Å². The van der Waals surface area contributed by atoms with E-state index in [4.69, 9.17) is 11.0 Å². The molecule has 15 heavy (non-hydrogen) atoms. The fourth-order valence-electron chi connectivity index (χ4n) is 2.16. The van der Waals surface area contributed by atoms with E-state index < -0.39 is 5.82 Å². The van der Waals surface area contributed by atoms with Gasteiger partial charge < -0.3 is 5.73 Å². The predicted octanol–water partition coefficient (Wildman–Crippen LogP) is 2.08. The Bertz CT molecular complexity index is 411. The quantitative estimate of drug-likeness (QED) is 0.801. The number of nitriles is 1. The van der Waals surface area contributed by atoms with E-state index in [1.165, 1.54) is 6.07 Å². The van der Waals surface area contributed by atoms with Crippen LogP contribution >= 0.6 is 0 Å². The molecule has 0 amide bonds. The fraction of sp³-hybridized carbons (Fsp3) is 0.417. The van der Waals surface area contributed by atoms with Crippen LogP contribution < -0.4 is 5.73 Å². The highest BCUT2D eigenvalue weighted by Gasteiger charge is 2.37. The van der Waals surface area contributed by atoms with Crippen LogP contribution in [0.3, 0.4) is 0 Å². The number of hydrogen-bond acceptors (Lipinski definition) is 2. The summed E-state index contributed by atoms with van der Waals surface area (Å²) in [5.41, 5.74) is 6.88. The molecule has 2 rings (SSSR count). The van der Waals surface area contributed by atoms with Gasteiger partial charge in [-0.25, -0.2) is 4.39 Å². The third-order valence-electron chi connectivity index (χ3n) is 3.40. The summed E-state index contributed by atoms with van der Waals surface area (Å²) in [6.45, 7) is 0.573. The molecule has 0 radical (unpaired) electrons. The molecule has 1 saturated carbocycles. The lowest BCUT2D eigenvalue weighted by molar-refractivity contribution is 0.253. The molecule has 2 nitrogen and oxygen atoms in total. The summed E-state index contributed by atoms with van der Waals surface area (Å²) >= 11 is 0. The minimum atomic E-state index is -0.451. The molecule has 1 aromatic carbocycles. The normalized spacial score (nSPS) is 17.9. The van der Waals surface area contributed by atoms with Crippen molar-refractivity contribution >= 4 is 0 Å². The average molecular weight is 204 g/mol. The summed E-state index contributed by atoms with van der Waals surface area (Å²) in [5, 5.41) is 8.75. The van der Waals surface area contributed by atoms with Gasteiger partial charge in [0.1, 0.15) is 11.9 Å². The van der Waals surface area contributed by atoms with Crippen LogP contribution in [0, 0.1) is 17.1 Å². The van der Waals surface area contributed by atoms with E-state index >= 15 is 0 Å². The molecule has 0 aromatic heterocycles. The number of halogens is 1. The minimum absolute atomic E-state index is 0.000694. The molecule has 0 aliphatic heterocycles. The number of nitrogens with two attached hydrogens (primary N) is 1. The van der Waals surface area contributed by atoms with E-state index in [0.717, 1.165) is 24.8 Å². The second-order valence-electron chi connectivity index (χ2n) is 4.14. The average Bonchev–Trinajstić information content (AvgIpc) is 2.19. The van der Waals surface area contributed by atoms with Crippen molar-refractivity contribution in [3.63, 3.8) is 0 Å². The highest BCUT2D eigenvalue weighted by atomic mass is 19.1. The van der Waals surface area contributed by atoms with Gasteiger partial charge in [-0.1, -0.05) is 12.5 Å². The van der Waals surface area contributed by atoms with Crippen LogP contribution in [0.1, 0.15) is 30.4 Å². The smallest absolute Gasteiger partial charge is 0.140 e. The van der Waals surface area contributed by atoms with Crippen molar-refractivity contribution in [2.75, 3.05) is 6.54 Å². The molecule has 1 aliphatic rings. The molecule has 0 saturated heterocycles. The number of hydrogen-bond donors (Lipinski definition) is 1. The van der Waals surface area contributed by atoms with Crippen LogP contribution in [0.2, 0.25) is 0 Å². The molecule has 78 valence electrons. The van der Waals surface area contributed by atoms with Crippen molar-refractivity contribution in [2.45, 2.75) is 24.7 Å². The highest BCUT2D eigenvalue weighted by molar-refractivity contribution is 5.39. The molecule has 3 heteroatoms. The van der Waals surface area contributed by atoms with E-state index in [0.29, 0.717) is 6.54 Å². The first-order valence-electron chi connectivity index (χ1n) is 5.12. The zero-order chi connectivity index (χ0) is 10.9. The van der Waals surface area contributed by atoms with Crippen LogP contribution in [0.4, 0.5) is 4.39 Å². The standard InChI is InChI=1S/C12H13FN2/c13-11-3-2-10(6-9(11)7-14)12(8-15)4-1-5-12/h2-3,6H,1,4-5,8,15H2. The van der Waals surface area contributed by atoms with Gasteiger partial charge in [-0.05, 0) is 30.5 Å². The molecular formula is C12H13FN2. The van der Waals surface area contributed by atoms with E-state index in [9.17, 15) is 4.39 Å². The Kier molecular flexibility index (Phi) is 2.45. The van der Waals surface area contributed by atoms with Gasteiger partial charge in [0.25, 0.3) is 0 Å². The lowest BCUT2D eigenvalue weighted by Crippen LogP contribution is -2.41. The number of rotatable bonds is 2. The Morgan fingerprint density at radius 1 is 1.47 bits per heavy atom. The Hall–Kier alpha value is -1.40. The van der Waals surface area contributed by atoms with Crippen molar-refractivity contribution in [3.8, 4) is 6.07 Å². The highest BCUT2D eigenvalue weighted by Crippen LogP contribution is 2.43. The molecule has 1 fully saturated rings. The van der Waals surface area contributed by atoms with Crippen LogP contribution in [-0.2, 0) is 5.41 Å². The van der Waals surface area contributed by atoms with Crippen molar-refractivity contribution < 1.29 is 4.39 Å². The summed E-state index contributed by atoms with van der Waals surface area (Å²) in [4.78, 5) is 0. The Labute approximate surface area is 88.5 Å². The number of benzene rings is 1. The van der Waals surface area contributed by atoms with E-state index in [2.05, 4.69) is 0 Å². The zero-order valence-electron chi connectivity index (χ0n) is 8.46. The molecular weight excluding hydrogens is 191 g/mol. The van der Waals surface area contributed by atoms with Gasteiger partial charge in [0, 0.05) is 12.0 Å². The largest absolute Gasteiger partial charge is 0.330 e. The van der Waals surface area contributed by atoms with Crippen LogP contribution in [0.15, 0.2) is 18.2 Å². The molecule has 0 heterocycles. The summed E-state index contributed by atoms with van der Waals surface area (Å²) in [5.74, 6) is -0.451. The van der Waals surface area contributed by atoms with Gasteiger partial charge in [-0.15, -0.1) is 0 Å². The van der Waals surface area contributed by atoms with Crippen LogP contribution in [0.25, 0.3) is 0 Å². The molecule has 0 unspecified atom stereocenters. The summed E-state index contributed by atoms with van der Waals surface area (Å²) in [7, 11) is 0. The first kappa shape index (κ1) is 10.1. The second-order valence-corrected chi connectivity index (χ2v) is 4.14. The van der Waals surface area contributed by atoms with Crippen molar-refractivity contribution in [3.05, 3.63) is 35.1 Å². The summed E-state index contributed by atoms with van der Waals surface area (Å²) < 4.78 is 13.1. The molecule has 1 aliphatic carbocycles. The monoisotopic (exact) mass is 204 g/mol. The van der Waals surface area contributed by atoms with Gasteiger partial charge in [0.2, 0.25) is 0 Å². The fourth-order valence-corrected chi connectivity index (χ4v) is 2.16. The molecule has 0 atom stereocenters. The summed E-state index contributed by atoms with van der Waals surface area (Å²) in [6.07, 6.45) is 3.25. The topological polar surface area (TPSA) is 49.8 Å². The third-order valence-corrected chi connectivity index (χ3v) is 3.40. The third kappa shape index (κ3) is 1.51. The lowest BCUT2D eigenvalue weighted by Gasteiger charge is -2.41. The van der Waals surface area contributed by atoms with Crippen molar-refractivity contribution in [1.82, 2.24) is 0 Å². The van der Waals surface area contributed by atoms with Gasteiger partial charge in [-0.2, -0.15) is 5.26 Å². The SMILES string of the molecule is N#Cc1cc(C2(CN)CCC2)ccc1F. The molecule has 2 N–H and O–H groups in total. The summed E-state index contributed by atoms with van der Waals surface area (Å²) in [6, 6.07) is 6.62. The Morgan fingerprint density at radius 3 is 2.67 bits per heavy atom. The molecule has 0 bridgehead atoms. The lowest BCUT2D eigenvalue weighted by atomic mass is 9.64. The number of nitrogens with zero attached hydrogens (tertiary/aromatic N) is 1. The van der Waals surface area contributed by atoms with Crippen molar-refractivity contribution in [1.29, 1.82) is 5.26 Å². The first-order valence-corrected chi connectivity index (χ1v) is 5.12. The maximum Gasteiger partial charge on any atom is 0.140 e. The van der Waals surface area contributed by atoms with Gasteiger partial charge in [0.05, 0.1) is 5.56 Å². The van der Waals surface area contributed by atoms with Crippen LogP contribution in [-0.4, -0.2) is 6.54 Å². The Morgan fingerprint density at radius 2 is 2.20 bits per heavy atom. The maximum absolute atomic E-state index is 13.1. The van der Waals surface area contributed by atoms with Crippen molar-refractivity contribution in [2.24, 2.45) is 5.73 Å². The molecule has 1 aromatic rings. The predicted molar refractivity (Wildman–Crippen MR) is 55.7 cm³/mol. The zero-order valence-corrected chi connectivity index (χ0v) is 8.46. The van der Waals surface area contributed by atoms with E-state index in [-0.39, 0.29) is 11.0 Å². The van der Waals surface area contributed by atoms with Gasteiger partial charge >= 0.3 is 0 Å². The second kappa shape index (κ2) is 3.63.